The standard InChI is InChI=1S/C24H22N4O2S/c1-30-21-7-6-16-10-15(2-3-17(16)13-21)11-22-27-28-24(31-22)26-23(29)19-4-5-20-14-25-9-8-18(20)12-19/h2-7,10,12-13,25H,8-9,11,14H2,1H3,(H,26,28,29). The number of rotatable bonds is 5. The van der Waals surface area contributed by atoms with E-state index in [1.54, 1.807) is 7.11 Å². The van der Waals surface area contributed by atoms with Crippen molar-refractivity contribution in [3.8, 4) is 5.75 Å². The van der Waals surface area contributed by atoms with Crippen LogP contribution >= 0.6 is 11.3 Å². The molecule has 6 nitrogen and oxygen atoms in total. The van der Waals surface area contributed by atoms with E-state index in [0.29, 0.717) is 17.1 Å². The highest BCUT2D eigenvalue weighted by Gasteiger charge is 2.14. The van der Waals surface area contributed by atoms with Gasteiger partial charge in [0.2, 0.25) is 5.13 Å². The summed E-state index contributed by atoms with van der Waals surface area (Å²) in [6.45, 7) is 1.81. The molecule has 2 N–H and O–H groups in total. The minimum Gasteiger partial charge on any atom is -0.497 e. The number of nitrogens with zero attached hydrogens (tertiary/aromatic N) is 2. The van der Waals surface area contributed by atoms with Gasteiger partial charge in [0, 0.05) is 18.5 Å². The summed E-state index contributed by atoms with van der Waals surface area (Å²) in [6.07, 6.45) is 1.61. The molecule has 0 aliphatic carbocycles. The number of fused-ring (bicyclic) bond motifs is 2. The number of hydrogen-bond donors (Lipinski definition) is 2. The summed E-state index contributed by atoms with van der Waals surface area (Å²) in [5, 5.41) is 18.3. The second-order valence-electron chi connectivity index (χ2n) is 7.59. The van der Waals surface area contributed by atoms with E-state index in [0.717, 1.165) is 46.6 Å². The minimum atomic E-state index is -0.149. The van der Waals surface area contributed by atoms with Crippen LogP contribution in [0.2, 0.25) is 0 Å². The van der Waals surface area contributed by atoms with Gasteiger partial charge in [-0.1, -0.05) is 41.7 Å². The Bertz CT molecular complexity index is 1270. The molecule has 0 spiro atoms. The van der Waals surface area contributed by atoms with Crippen LogP contribution in [0.1, 0.15) is 32.1 Å². The first kappa shape index (κ1) is 19.7. The monoisotopic (exact) mass is 430 g/mol. The Balaban J connectivity index is 1.28. The zero-order chi connectivity index (χ0) is 21.2. The van der Waals surface area contributed by atoms with Gasteiger partial charge in [0.1, 0.15) is 10.8 Å². The fourth-order valence-electron chi connectivity index (χ4n) is 3.85. The SMILES string of the molecule is COc1ccc2cc(Cc3nnc(NC(=O)c4ccc5c(c4)CCNC5)s3)ccc2c1. The fourth-order valence-corrected chi connectivity index (χ4v) is 4.62. The second kappa shape index (κ2) is 8.45. The molecule has 0 fully saturated rings. The molecule has 1 aliphatic rings. The summed E-state index contributed by atoms with van der Waals surface area (Å²) in [5.74, 6) is 0.698. The van der Waals surface area contributed by atoms with Crippen LogP contribution in [-0.2, 0) is 19.4 Å². The maximum atomic E-state index is 12.7. The molecule has 156 valence electrons. The lowest BCUT2D eigenvalue weighted by Gasteiger charge is -2.17. The number of benzene rings is 3. The van der Waals surface area contributed by atoms with Crippen LogP contribution in [0, 0.1) is 0 Å². The zero-order valence-corrected chi connectivity index (χ0v) is 18.0. The van der Waals surface area contributed by atoms with E-state index in [1.165, 1.54) is 22.5 Å². The molecular weight excluding hydrogens is 408 g/mol. The van der Waals surface area contributed by atoms with Gasteiger partial charge < -0.3 is 10.1 Å². The normalized spacial score (nSPS) is 13.1. The fraction of sp³-hybridized carbons (Fsp3) is 0.208. The van der Waals surface area contributed by atoms with Crippen molar-refractivity contribution in [3.63, 3.8) is 0 Å². The van der Waals surface area contributed by atoms with Gasteiger partial charge in [-0.3, -0.25) is 10.1 Å². The average Bonchev–Trinajstić information content (AvgIpc) is 3.24. The lowest BCUT2D eigenvalue weighted by molar-refractivity contribution is 0.102. The first-order valence-electron chi connectivity index (χ1n) is 10.2. The summed E-state index contributed by atoms with van der Waals surface area (Å²) in [7, 11) is 1.67. The molecule has 0 saturated heterocycles. The Labute approximate surface area is 184 Å². The van der Waals surface area contributed by atoms with Crippen LogP contribution < -0.4 is 15.4 Å². The number of nitrogens with one attached hydrogen (secondary N) is 2. The predicted molar refractivity (Wildman–Crippen MR) is 123 cm³/mol. The number of ether oxygens (including phenoxy) is 1. The molecule has 31 heavy (non-hydrogen) atoms. The third kappa shape index (κ3) is 4.28. The number of aromatic nitrogens is 2. The number of anilines is 1. The third-order valence-electron chi connectivity index (χ3n) is 5.51. The molecule has 0 radical (unpaired) electrons. The molecular formula is C24H22N4O2S. The van der Waals surface area contributed by atoms with Crippen molar-refractivity contribution in [1.82, 2.24) is 15.5 Å². The summed E-state index contributed by atoms with van der Waals surface area (Å²) in [6, 6.07) is 18.2. The molecule has 1 amide bonds. The Morgan fingerprint density at radius 1 is 1.06 bits per heavy atom. The first-order valence-corrected chi connectivity index (χ1v) is 11.0. The molecule has 0 unspecified atom stereocenters. The number of carbonyl (C=O) groups excluding carboxylic acids is 1. The molecule has 0 atom stereocenters. The van der Waals surface area contributed by atoms with Gasteiger partial charge in [-0.25, -0.2) is 0 Å². The highest BCUT2D eigenvalue weighted by Crippen LogP contribution is 2.25. The molecule has 5 rings (SSSR count). The van der Waals surface area contributed by atoms with Crippen molar-refractivity contribution < 1.29 is 9.53 Å². The molecule has 2 heterocycles. The lowest BCUT2D eigenvalue weighted by atomic mass is 9.98. The van der Waals surface area contributed by atoms with Crippen LogP contribution in [-0.4, -0.2) is 29.8 Å². The van der Waals surface area contributed by atoms with Crippen LogP contribution in [0.15, 0.2) is 54.6 Å². The molecule has 3 aromatic carbocycles. The van der Waals surface area contributed by atoms with Gasteiger partial charge >= 0.3 is 0 Å². The zero-order valence-electron chi connectivity index (χ0n) is 17.1. The van der Waals surface area contributed by atoms with Crippen molar-refractivity contribution in [2.24, 2.45) is 0 Å². The molecule has 1 aliphatic heterocycles. The van der Waals surface area contributed by atoms with Gasteiger partial charge in [-0.05, 0) is 64.7 Å². The lowest BCUT2D eigenvalue weighted by Crippen LogP contribution is -2.24. The van der Waals surface area contributed by atoms with Crippen molar-refractivity contribution in [2.75, 3.05) is 19.0 Å². The molecule has 0 saturated carbocycles. The number of methoxy groups -OCH3 is 1. The Morgan fingerprint density at radius 2 is 1.94 bits per heavy atom. The minimum absolute atomic E-state index is 0.149. The van der Waals surface area contributed by atoms with E-state index in [9.17, 15) is 4.79 Å². The van der Waals surface area contributed by atoms with Gasteiger partial charge in [0.05, 0.1) is 7.11 Å². The summed E-state index contributed by atoms with van der Waals surface area (Å²) in [4.78, 5) is 12.7. The van der Waals surface area contributed by atoms with Crippen LogP contribution in [0.3, 0.4) is 0 Å². The topological polar surface area (TPSA) is 76.1 Å². The van der Waals surface area contributed by atoms with Crippen LogP contribution in [0.5, 0.6) is 5.75 Å². The highest BCUT2D eigenvalue weighted by atomic mass is 32.1. The summed E-state index contributed by atoms with van der Waals surface area (Å²) < 4.78 is 5.29. The van der Waals surface area contributed by atoms with E-state index >= 15 is 0 Å². The smallest absolute Gasteiger partial charge is 0.257 e. The van der Waals surface area contributed by atoms with Gasteiger partial charge in [0.25, 0.3) is 5.91 Å². The van der Waals surface area contributed by atoms with Gasteiger partial charge in [-0.15, -0.1) is 10.2 Å². The van der Waals surface area contributed by atoms with E-state index in [2.05, 4.69) is 45.1 Å². The van der Waals surface area contributed by atoms with E-state index in [-0.39, 0.29) is 5.91 Å². The van der Waals surface area contributed by atoms with Gasteiger partial charge in [0.15, 0.2) is 0 Å². The third-order valence-corrected chi connectivity index (χ3v) is 6.35. The van der Waals surface area contributed by atoms with Gasteiger partial charge in [-0.2, -0.15) is 0 Å². The summed E-state index contributed by atoms with van der Waals surface area (Å²) >= 11 is 1.41. The second-order valence-corrected chi connectivity index (χ2v) is 8.65. The van der Waals surface area contributed by atoms with Crippen molar-refractivity contribution in [3.05, 3.63) is 81.9 Å². The Kier molecular flexibility index (Phi) is 5.36. The Hall–Kier alpha value is -3.29. The highest BCUT2D eigenvalue weighted by molar-refractivity contribution is 7.15. The first-order chi connectivity index (χ1) is 15.2. The predicted octanol–water partition coefficient (Wildman–Crippen LogP) is 4.19. The van der Waals surface area contributed by atoms with E-state index in [4.69, 9.17) is 4.74 Å². The number of amides is 1. The quantitative estimate of drug-likeness (QED) is 0.497. The van der Waals surface area contributed by atoms with Crippen molar-refractivity contribution in [1.29, 1.82) is 0 Å². The average molecular weight is 431 g/mol. The maximum absolute atomic E-state index is 12.7. The van der Waals surface area contributed by atoms with E-state index in [1.807, 2.05) is 30.3 Å². The molecule has 7 heteroatoms. The molecule has 0 bridgehead atoms. The molecule has 4 aromatic rings. The molecule has 1 aromatic heterocycles. The van der Waals surface area contributed by atoms with Crippen LogP contribution in [0.4, 0.5) is 5.13 Å². The maximum Gasteiger partial charge on any atom is 0.257 e. The summed E-state index contributed by atoms with van der Waals surface area (Å²) in [5.41, 5.74) is 4.30. The van der Waals surface area contributed by atoms with E-state index < -0.39 is 0 Å². The van der Waals surface area contributed by atoms with Crippen LogP contribution in [0.25, 0.3) is 10.8 Å². The largest absolute Gasteiger partial charge is 0.497 e. The Morgan fingerprint density at radius 3 is 2.84 bits per heavy atom. The number of hydrogen-bond acceptors (Lipinski definition) is 6. The number of carbonyl (C=O) groups is 1. The van der Waals surface area contributed by atoms with Crippen molar-refractivity contribution >= 4 is 33.1 Å². The van der Waals surface area contributed by atoms with Crippen molar-refractivity contribution in [2.45, 2.75) is 19.4 Å².